The highest BCUT2D eigenvalue weighted by molar-refractivity contribution is 6.34. The van der Waals surface area contributed by atoms with Crippen molar-refractivity contribution in [2.75, 3.05) is 43.4 Å². The van der Waals surface area contributed by atoms with E-state index in [-0.39, 0.29) is 5.91 Å². The van der Waals surface area contributed by atoms with E-state index in [4.69, 9.17) is 11.6 Å². The Kier molecular flexibility index (Phi) is 5.30. The number of benzene rings is 2. The lowest BCUT2D eigenvalue weighted by atomic mass is 10.1. The number of nitrogens with zero attached hydrogens (tertiary/aromatic N) is 2. The lowest BCUT2D eigenvalue weighted by molar-refractivity contribution is 0.102. The zero-order chi connectivity index (χ0) is 18.0. The number of piperazine rings is 1. The SMILES string of the molecule is Cc1ccc(C(=O)Nc2cccc(Cl)c2N2CCN(C)CC2)cc1C. The molecule has 0 radical (unpaired) electrons. The third kappa shape index (κ3) is 3.97. The van der Waals surface area contributed by atoms with Crippen molar-refractivity contribution in [2.45, 2.75) is 13.8 Å². The Balaban J connectivity index is 1.86. The summed E-state index contributed by atoms with van der Waals surface area (Å²) in [4.78, 5) is 17.2. The molecule has 1 N–H and O–H groups in total. The molecule has 1 saturated heterocycles. The van der Waals surface area contributed by atoms with Crippen molar-refractivity contribution in [3.63, 3.8) is 0 Å². The maximum atomic E-state index is 12.7. The number of rotatable bonds is 3. The van der Waals surface area contributed by atoms with E-state index < -0.39 is 0 Å². The Morgan fingerprint density at radius 1 is 1.04 bits per heavy atom. The third-order valence-corrected chi connectivity index (χ3v) is 5.13. The van der Waals surface area contributed by atoms with Crippen molar-refractivity contribution < 1.29 is 4.79 Å². The first-order valence-corrected chi connectivity index (χ1v) is 8.94. The molecule has 0 spiro atoms. The highest BCUT2D eigenvalue weighted by Gasteiger charge is 2.20. The molecule has 0 bridgehead atoms. The topological polar surface area (TPSA) is 35.6 Å². The number of carbonyl (C=O) groups excluding carboxylic acids is 1. The van der Waals surface area contributed by atoms with E-state index in [0.29, 0.717) is 10.6 Å². The van der Waals surface area contributed by atoms with Gasteiger partial charge in [-0.25, -0.2) is 0 Å². The summed E-state index contributed by atoms with van der Waals surface area (Å²) in [5.74, 6) is -0.110. The molecule has 2 aromatic rings. The van der Waals surface area contributed by atoms with E-state index in [9.17, 15) is 4.79 Å². The van der Waals surface area contributed by atoms with Crippen LogP contribution >= 0.6 is 11.6 Å². The molecule has 2 aromatic carbocycles. The van der Waals surface area contributed by atoms with Gasteiger partial charge in [0.05, 0.1) is 16.4 Å². The molecule has 25 heavy (non-hydrogen) atoms. The summed E-state index contributed by atoms with van der Waals surface area (Å²) in [7, 11) is 2.12. The van der Waals surface area contributed by atoms with Crippen LogP contribution in [-0.4, -0.2) is 44.0 Å². The lowest BCUT2D eigenvalue weighted by Crippen LogP contribution is -2.44. The predicted molar refractivity (Wildman–Crippen MR) is 105 cm³/mol. The summed E-state index contributed by atoms with van der Waals surface area (Å²) in [6, 6.07) is 11.4. The number of carbonyl (C=O) groups is 1. The second-order valence-corrected chi connectivity index (χ2v) is 7.09. The average Bonchev–Trinajstić information content (AvgIpc) is 2.58. The summed E-state index contributed by atoms with van der Waals surface area (Å²) in [5.41, 5.74) is 4.62. The molecule has 0 aromatic heterocycles. The molecule has 1 aliphatic heterocycles. The van der Waals surface area contributed by atoms with Crippen molar-refractivity contribution in [3.05, 3.63) is 58.1 Å². The Morgan fingerprint density at radius 3 is 2.44 bits per heavy atom. The van der Waals surface area contributed by atoms with Gasteiger partial charge < -0.3 is 15.1 Å². The van der Waals surface area contributed by atoms with E-state index >= 15 is 0 Å². The fraction of sp³-hybridized carbons (Fsp3) is 0.350. The molecule has 132 valence electrons. The highest BCUT2D eigenvalue weighted by Crippen LogP contribution is 2.34. The van der Waals surface area contributed by atoms with E-state index in [1.807, 2.05) is 50.2 Å². The molecule has 1 aliphatic rings. The maximum Gasteiger partial charge on any atom is 0.255 e. The first-order valence-electron chi connectivity index (χ1n) is 8.56. The summed E-state index contributed by atoms with van der Waals surface area (Å²) >= 11 is 6.47. The summed E-state index contributed by atoms with van der Waals surface area (Å²) in [5, 5.41) is 3.71. The smallest absolute Gasteiger partial charge is 0.255 e. The molecular formula is C20H24ClN3O. The number of hydrogen-bond donors (Lipinski definition) is 1. The first-order chi connectivity index (χ1) is 12.0. The molecule has 0 aliphatic carbocycles. The van der Waals surface area contributed by atoms with Crippen LogP contribution < -0.4 is 10.2 Å². The van der Waals surface area contributed by atoms with Gasteiger partial charge in [0.15, 0.2) is 0 Å². The van der Waals surface area contributed by atoms with Gasteiger partial charge in [-0.2, -0.15) is 0 Å². The van der Waals surface area contributed by atoms with Crippen LogP contribution in [0.2, 0.25) is 5.02 Å². The van der Waals surface area contributed by atoms with Crippen molar-refractivity contribution in [2.24, 2.45) is 0 Å². The normalized spacial score (nSPS) is 15.3. The molecule has 1 fully saturated rings. The van der Waals surface area contributed by atoms with Gasteiger partial charge in [0, 0.05) is 31.7 Å². The van der Waals surface area contributed by atoms with Crippen LogP contribution in [0.4, 0.5) is 11.4 Å². The first kappa shape index (κ1) is 17.8. The second kappa shape index (κ2) is 7.46. The molecule has 0 saturated carbocycles. The maximum absolute atomic E-state index is 12.7. The Labute approximate surface area is 154 Å². The monoisotopic (exact) mass is 357 g/mol. The van der Waals surface area contributed by atoms with E-state index in [0.717, 1.165) is 43.1 Å². The number of likely N-dealkylation sites (N-methyl/N-ethyl adjacent to an activating group) is 1. The summed E-state index contributed by atoms with van der Waals surface area (Å²) in [6.07, 6.45) is 0. The van der Waals surface area contributed by atoms with Crippen LogP contribution in [0.15, 0.2) is 36.4 Å². The van der Waals surface area contributed by atoms with E-state index in [2.05, 4.69) is 22.2 Å². The van der Waals surface area contributed by atoms with Crippen LogP contribution in [0.3, 0.4) is 0 Å². The summed E-state index contributed by atoms with van der Waals surface area (Å²) < 4.78 is 0. The molecule has 0 unspecified atom stereocenters. The Hall–Kier alpha value is -2.04. The van der Waals surface area contributed by atoms with Crippen LogP contribution in [0, 0.1) is 13.8 Å². The Morgan fingerprint density at radius 2 is 1.76 bits per heavy atom. The number of aryl methyl sites for hydroxylation is 2. The minimum absolute atomic E-state index is 0.110. The Bertz CT molecular complexity index is 783. The van der Waals surface area contributed by atoms with Crippen molar-refractivity contribution in [1.82, 2.24) is 4.90 Å². The number of hydrogen-bond acceptors (Lipinski definition) is 3. The standard InChI is InChI=1S/C20H24ClN3O/c1-14-7-8-16(13-15(14)2)20(25)22-18-6-4-5-17(21)19(18)24-11-9-23(3)10-12-24/h4-8,13H,9-12H2,1-3H3,(H,22,25). The molecule has 3 rings (SSSR count). The summed E-state index contributed by atoms with van der Waals surface area (Å²) in [6.45, 7) is 7.81. The van der Waals surface area contributed by atoms with E-state index in [1.54, 1.807) is 0 Å². The average molecular weight is 358 g/mol. The van der Waals surface area contributed by atoms with Gasteiger partial charge in [0.25, 0.3) is 5.91 Å². The van der Waals surface area contributed by atoms with Gasteiger partial charge in [0.1, 0.15) is 0 Å². The number of anilines is 2. The second-order valence-electron chi connectivity index (χ2n) is 6.68. The highest BCUT2D eigenvalue weighted by atomic mass is 35.5. The molecule has 5 heteroatoms. The van der Waals surface area contributed by atoms with Gasteiger partial charge >= 0.3 is 0 Å². The van der Waals surface area contributed by atoms with Gasteiger partial charge in [-0.1, -0.05) is 23.7 Å². The molecule has 1 heterocycles. The van der Waals surface area contributed by atoms with Gasteiger partial charge in [-0.3, -0.25) is 4.79 Å². The zero-order valence-electron chi connectivity index (χ0n) is 15.0. The molecule has 0 atom stereocenters. The van der Waals surface area contributed by atoms with E-state index in [1.165, 1.54) is 5.56 Å². The fourth-order valence-corrected chi connectivity index (χ4v) is 3.34. The minimum Gasteiger partial charge on any atom is -0.366 e. The number of amides is 1. The van der Waals surface area contributed by atoms with Crippen LogP contribution in [0.5, 0.6) is 0 Å². The predicted octanol–water partition coefficient (Wildman–Crippen LogP) is 3.96. The van der Waals surface area contributed by atoms with Gasteiger partial charge in [-0.05, 0) is 56.3 Å². The quantitative estimate of drug-likeness (QED) is 0.903. The third-order valence-electron chi connectivity index (χ3n) is 4.82. The van der Waals surface area contributed by atoms with Gasteiger partial charge in [-0.15, -0.1) is 0 Å². The van der Waals surface area contributed by atoms with Gasteiger partial charge in [0.2, 0.25) is 0 Å². The van der Waals surface area contributed by atoms with Crippen molar-refractivity contribution in [1.29, 1.82) is 0 Å². The van der Waals surface area contributed by atoms with Crippen LogP contribution in [0.1, 0.15) is 21.5 Å². The molecule has 1 amide bonds. The minimum atomic E-state index is -0.110. The van der Waals surface area contributed by atoms with Crippen molar-refractivity contribution >= 4 is 28.9 Å². The fourth-order valence-electron chi connectivity index (χ4n) is 3.04. The van der Waals surface area contributed by atoms with Crippen molar-refractivity contribution in [3.8, 4) is 0 Å². The molecular weight excluding hydrogens is 334 g/mol. The van der Waals surface area contributed by atoms with Crippen LogP contribution in [0.25, 0.3) is 0 Å². The number of nitrogens with one attached hydrogen (secondary N) is 1. The number of halogens is 1. The largest absolute Gasteiger partial charge is 0.366 e. The number of para-hydroxylation sites is 1. The molecule has 4 nitrogen and oxygen atoms in total. The van der Waals surface area contributed by atoms with Crippen LogP contribution in [-0.2, 0) is 0 Å². The zero-order valence-corrected chi connectivity index (χ0v) is 15.7. The lowest BCUT2D eigenvalue weighted by Gasteiger charge is -2.35.